The lowest BCUT2D eigenvalue weighted by Crippen LogP contribution is -2.40. The normalized spacial score (nSPS) is 27.6. The fourth-order valence-corrected chi connectivity index (χ4v) is 3.71. The summed E-state index contributed by atoms with van der Waals surface area (Å²) < 4.78 is 13.6. The summed E-state index contributed by atoms with van der Waals surface area (Å²) >= 11 is 0. The van der Waals surface area contributed by atoms with Crippen molar-refractivity contribution < 1.29 is 9.18 Å². The summed E-state index contributed by atoms with van der Waals surface area (Å²) in [5.41, 5.74) is 0.582. The van der Waals surface area contributed by atoms with Crippen molar-refractivity contribution in [1.29, 1.82) is 0 Å². The summed E-state index contributed by atoms with van der Waals surface area (Å²) in [6, 6.07) is 7.88. The smallest absolute Gasteiger partial charge is 0.222 e. The molecule has 2 heterocycles. The third-order valence-electron chi connectivity index (χ3n) is 4.83. The van der Waals surface area contributed by atoms with E-state index in [4.69, 9.17) is 0 Å². The number of amides is 1. The van der Waals surface area contributed by atoms with Crippen molar-refractivity contribution in [3.8, 4) is 0 Å². The minimum Gasteiger partial charge on any atom is -0.341 e. The van der Waals surface area contributed by atoms with Gasteiger partial charge in [0.05, 0.1) is 0 Å². The Morgan fingerprint density at radius 2 is 1.95 bits per heavy atom. The Hall–Kier alpha value is -1.42. The van der Waals surface area contributed by atoms with Gasteiger partial charge in [0, 0.05) is 37.7 Å². The molecule has 1 N–H and O–H groups in total. The Morgan fingerprint density at radius 1 is 1.29 bits per heavy atom. The predicted octanol–water partition coefficient (Wildman–Crippen LogP) is 2.70. The Morgan fingerprint density at radius 3 is 2.62 bits per heavy atom. The van der Waals surface area contributed by atoms with Gasteiger partial charge < -0.3 is 10.2 Å². The zero-order valence-corrected chi connectivity index (χ0v) is 12.5. The SMILES string of the molecule is CN(Cc1ccccc1F)C(=O)CC1CC2CCC(C1)N2. The number of nitrogens with zero attached hydrogens (tertiary/aromatic N) is 1. The Balaban J connectivity index is 1.54. The molecule has 21 heavy (non-hydrogen) atoms. The van der Waals surface area contributed by atoms with Crippen LogP contribution in [0.3, 0.4) is 0 Å². The lowest BCUT2D eigenvalue weighted by Gasteiger charge is -2.30. The van der Waals surface area contributed by atoms with Crippen LogP contribution < -0.4 is 5.32 Å². The third-order valence-corrected chi connectivity index (χ3v) is 4.83. The van der Waals surface area contributed by atoms with E-state index >= 15 is 0 Å². The molecule has 114 valence electrons. The summed E-state index contributed by atoms with van der Waals surface area (Å²) in [5, 5.41) is 3.60. The molecule has 2 unspecified atom stereocenters. The van der Waals surface area contributed by atoms with E-state index in [1.165, 1.54) is 18.9 Å². The van der Waals surface area contributed by atoms with Crippen molar-refractivity contribution in [3.05, 3.63) is 35.6 Å². The highest BCUT2D eigenvalue weighted by Crippen LogP contribution is 2.33. The zero-order chi connectivity index (χ0) is 14.8. The first-order chi connectivity index (χ1) is 10.1. The summed E-state index contributed by atoms with van der Waals surface area (Å²) in [4.78, 5) is 14.0. The number of benzene rings is 1. The number of hydrogen-bond acceptors (Lipinski definition) is 2. The van der Waals surface area contributed by atoms with Crippen LogP contribution in [0.2, 0.25) is 0 Å². The molecule has 2 atom stereocenters. The fraction of sp³-hybridized carbons (Fsp3) is 0.588. The molecule has 3 rings (SSSR count). The van der Waals surface area contributed by atoms with E-state index in [9.17, 15) is 9.18 Å². The van der Waals surface area contributed by atoms with Gasteiger partial charge in [0.2, 0.25) is 5.91 Å². The number of hydrogen-bond donors (Lipinski definition) is 1. The van der Waals surface area contributed by atoms with Crippen LogP contribution in [0.1, 0.15) is 37.7 Å². The highest BCUT2D eigenvalue weighted by Gasteiger charge is 2.34. The topological polar surface area (TPSA) is 32.3 Å². The van der Waals surface area contributed by atoms with E-state index in [0.717, 1.165) is 12.8 Å². The van der Waals surface area contributed by atoms with E-state index in [0.29, 0.717) is 36.5 Å². The molecule has 2 saturated heterocycles. The fourth-order valence-electron chi connectivity index (χ4n) is 3.71. The van der Waals surface area contributed by atoms with Gasteiger partial charge in [-0.05, 0) is 37.7 Å². The van der Waals surface area contributed by atoms with E-state index in [1.807, 2.05) is 0 Å². The van der Waals surface area contributed by atoms with Crippen molar-refractivity contribution in [2.45, 2.75) is 50.7 Å². The molecule has 1 aromatic rings. The average Bonchev–Trinajstić information content (AvgIpc) is 2.80. The van der Waals surface area contributed by atoms with Crippen LogP contribution in [0.15, 0.2) is 24.3 Å². The van der Waals surface area contributed by atoms with E-state index in [2.05, 4.69) is 5.32 Å². The molecule has 2 aliphatic rings. The second-order valence-corrected chi connectivity index (χ2v) is 6.52. The Labute approximate surface area is 125 Å². The van der Waals surface area contributed by atoms with E-state index in [-0.39, 0.29) is 11.7 Å². The molecule has 2 bridgehead atoms. The standard InChI is InChI=1S/C17H23FN2O/c1-20(11-13-4-2-3-5-16(13)18)17(21)10-12-8-14-6-7-15(9-12)19-14/h2-5,12,14-15,19H,6-11H2,1H3. The first kappa shape index (κ1) is 14.5. The summed E-state index contributed by atoms with van der Waals surface area (Å²) in [6.07, 6.45) is 5.31. The van der Waals surface area contributed by atoms with Gasteiger partial charge in [0.15, 0.2) is 0 Å². The highest BCUT2D eigenvalue weighted by molar-refractivity contribution is 5.76. The molecule has 0 saturated carbocycles. The summed E-state index contributed by atoms with van der Waals surface area (Å²) in [7, 11) is 1.77. The molecule has 3 nitrogen and oxygen atoms in total. The lowest BCUT2D eigenvalue weighted by atomic mass is 9.89. The quantitative estimate of drug-likeness (QED) is 0.924. The molecule has 1 aromatic carbocycles. The van der Waals surface area contributed by atoms with Crippen LogP contribution in [0.4, 0.5) is 4.39 Å². The largest absolute Gasteiger partial charge is 0.341 e. The molecular formula is C17H23FN2O. The second kappa shape index (κ2) is 6.14. The van der Waals surface area contributed by atoms with E-state index in [1.54, 1.807) is 30.1 Å². The number of halogens is 1. The minimum absolute atomic E-state index is 0.129. The van der Waals surface area contributed by atoms with Crippen molar-refractivity contribution in [2.24, 2.45) is 5.92 Å². The highest BCUT2D eigenvalue weighted by atomic mass is 19.1. The summed E-state index contributed by atoms with van der Waals surface area (Å²) in [5.74, 6) is 0.376. The van der Waals surface area contributed by atoms with Crippen molar-refractivity contribution in [2.75, 3.05) is 7.05 Å². The number of nitrogens with one attached hydrogen (secondary N) is 1. The van der Waals surface area contributed by atoms with Crippen LogP contribution in [0, 0.1) is 11.7 Å². The molecule has 2 fully saturated rings. The van der Waals surface area contributed by atoms with E-state index < -0.39 is 0 Å². The van der Waals surface area contributed by atoms with Gasteiger partial charge >= 0.3 is 0 Å². The maximum absolute atomic E-state index is 13.6. The molecule has 4 heteroatoms. The summed E-state index contributed by atoms with van der Waals surface area (Å²) in [6.45, 7) is 0.351. The first-order valence-corrected chi connectivity index (χ1v) is 7.85. The average molecular weight is 290 g/mol. The van der Waals surface area contributed by atoms with Gasteiger partial charge in [-0.15, -0.1) is 0 Å². The van der Waals surface area contributed by atoms with Gasteiger partial charge in [-0.1, -0.05) is 18.2 Å². The molecule has 0 spiro atoms. The number of carbonyl (C=O) groups excluding carboxylic acids is 1. The molecule has 2 aliphatic heterocycles. The predicted molar refractivity (Wildman–Crippen MR) is 80.2 cm³/mol. The van der Waals surface area contributed by atoms with Gasteiger partial charge in [0.25, 0.3) is 0 Å². The van der Waals surface area contributed by atoms with Crippen LogP contribution in [0.25, 0.3) is 0 Å². The molecule has 0 radical (unpaired) electrons. The first-order valence-electron chi connectivity index (χ1n) is 7.85. The molecule has 1 amide bonds. The molecule has 0 aromatic heterocycles. The van der Waals surface area contributed by atoms with Crippen molar-refractivity contribution >= 4 is 5.91 Å². The monoisotopic (exact) mass is 290 g/mol. The Kier molecular flexibility index (Phi) is 4.24. The van der Waals surface area contributed by atoms with Crippen molar-refractivity contribution in [3.63, 3.8) is 0 Å². The van der Waals surface area contributed by atoms with Crippen LogP contribution in [-0.2, 0) is 11.3 Å². The van der Waals surface area contributed by atoms with Crippen LogP contribution in [-0.4, -0.2) is 29.9 Å². The van der Waals surface area contributed by atoms with Gasteiger partial charge in [-0.2, -0.15) is 0 Å². The molecule has 0 aliphatic carbocycles. The zero-order valence-electron chi connectivity index (χ0n) is 12.5. The van der Waals surface area contributed by atoms with Gasteiger partial charge in [-0.3, -0.25) is 4.79 Å². The van der Waals surface area contributed by atoms with Gasteiger partial charge in [-0.25, -0.2) is 4.39 Å². The minimum atomic E-state index is -0.239. The number of carbonyl (C=O) groups is 1. The lowest BCUT2D eigenvalue weighted by molar-refractivity contribution is -0.131. The molecular weight excluding hydrogens is 267 g/mol. The third kappa shape index (κ3) is 3.43. The number of rotatable bonds is 4. The number of piperidine rings is 1. The Bertz CT molecular complexity index is 507. The van der Waals surface area contributed by atoms with Crippen LogP contribution >= 0.6 is 0 Å². The second-order valence-electron chi connectivity index (χ2n) is 6.52. The number of fused-ring (bicyclic) bond motifs is 2. The maximum Gasteiger partial charge on any atom is 0.222 e. The van der Waals surface area contributed by atoms with Crippen LogP contribution in [0.5, 0.6) is 0 Å². The maximum atomic E-state index is 13.6. The van der Waals surface area contributed by atoms with Crippen molar-refractivity contribution in [1.82, 2.24) is 10.2 Å². The van der Waals surface area contributed by atoms with Gasteiger partial charge in [0.1, 0.15) is 5.82 Å².